The normalized spacial score (nSPS) is 9.94. The van der Waals surface area contributed by atoms with Crippen molar-refractivity contribution in [2.45, 2.75) is 12.8 Å². The minimum Gasteiger partial charge on any atom is -0.355 e. The summed E-state index contributed by atoms with van der Waals surface area (Å²) in [6.07, 6.45) is 1.00. The molecule has 18 heavy (non-hydrogen) atoms. The third-order valence-corrected chi connectivity index (χ3v) is 2.65. The predicted octanol–water partition coefficient (Wildman–Crippen LogP) is 1.38. The Bertz CT molecular complexity index is 449. The average Bonchev–Trinajstić information content (AvgIpc) is 2.35. The average molecular weight is 270 g/mol. The van der Waals surface area contributed by atoms with E-state index in [-0.39, 0.29) is 11.8 Å². The monoisotopic (exact) mass is 269 g/mol. The second-order valence-electron chi connectivity index (χ2n) is 3.71. The van der Waals surface area contributed by atoms with Crippen molar-refractivity contribution in [3.8, 4) is 0 Å². The molecule has 4 N–H and O–H groups in total. The van der Waals surface area contributed by atoms with Gasteiger partial charge in [0.25, 0.3) is 5.91 Å². The van der Waals surface area contributed by atoms with Crippen molar-refractivity contribution in [2.24, 2.45) is 5.73 Å². The molecule has 6 heteroatoms. The Morgan fingerprint density at radius 2 is 2.11 bits per heavy atom. The van der Waals surface area contributed by atoms with Gasteiger partial charge in [-0.3, -0.25) is 9.59 Å². The van der Waals surface area contributed by atoms with Crippen LogP contribution >= 0.6 is 11.6 Å². The van der Waals surface area contributed by atoms with Crippen LogP contribution in [0.2, 0.25) is 5.02 Å². The molecule has 0 saturated heterocycles. The van der Waals surface area contributed by atoms with E-state index in [4.69, 9.17) is 17.3 Å². The van der Waals surface area contributed by atoms with E-state index in [0.717, 1.165) is 0 Å². The van der Waals surface area contributed by atoms with E-state index < -0.39 is 0 Å². The molecule has 0 radical (unpaired) electrons. The number of carbonyl (C=O) groups is 2. The summed E-state index contributed by atoms with van der Waals surface area (Å²) in [5.74, 6) is -0.384. The Morgan fingerprint density at radius 1 is 1.39 bits per heavy atom. The van der Waals surface area contributed by atoms with E-state index in [1.165, 1.54) is 7.05 Å². The summed E-state index contributed by atoms with van der Waals surface area (Å²) in [5, 5.41) is 5.47. The van der Waals surface area contributed by atoms with Crippen molar-refractivity contribution in [1.82, 2.24) is 5.32 Å². The highest BCUT2D eigenvalue weighted by Gasteiger charge is 2.10. The van der Waals surface area contributed by atoms with Crippen LogP contribution in [0.25, 0.3) is 0 Å². The molecular formula is C12H16ClN3O2. The summed E-state index contributed by atoms with van der Waals surface area (Å²) < 4.78 is 0. The zero-order valence-electron chi connectivity index (χ0n) is 10.1. The van der Waals surface area contributed by atoms with Gasteiger partial charge >= 0.3 is 0 Å². The summed E-state index contributed by atoms with van der Waals surface area (Å²) in [6, 6.07) is 4.75. The van der Waals surface area contributed by atoms with Gasteiger partial charge in [0.2, 0.25) is 5.91 Å². The zero-order valence-corrected chi connectivity index (χ0v) is 10.9. The molecule has 1 aromatic carbocycles. The quantitative estimate of drug-likeness (QED) is 0.755. The number of hydrogen-bond donors (Lipinski definition) is 3. The summed E-state index contributed by atoms with van der Waals surface area (Å²) in [6.45, 7) is 0.476. The second kappa shape index (κ2) is 6.98. The summed E-state index contributed by atoms with van der Waals surface area (Å²) in [4.78, 5) is 22.9. The van der Waals surface area contributed by atoms with Crippen LogP contribution in [0.15, 0.2) is 18.2 Å². The minimum absolute atomic E-state index is 0.121. The van der Waals surface area contributed by atoms with Gasteiger partial charge in [-0.2, -0.15) is 0 Å². The van der Waals surface area contributed by atoms with E-state index >= 15 is 0 Å². The largest absolute Gasteiger partial charge is 0.355 e. The van der Waals surface area contributed by atoms with Crippen LogP contribution in [-0.2, 0) is 4.79 Å². The van der Waals surface area contributed by atoms with Gasteiger partial charge in [0.05, 0.1) is 10.6 Å². The SMILES string of the molecule is CNC(=O)c1ccc(NC(=O)CCCN)cc1Cl. The van der Waals surface area contributed by atoms with Gasteiger partial charge in [0, 0.05) is 19.2 Å². The van der Waals surface area contributed by atoms with E-state index in [1.807, 2.05) is 0 Å². The molecule has 0 heterocycles. The molecule has 0 bridgehead atoms. The first-order valence-electron chi connectivity index (χ1n) is 5.60. The van der Waals surface area contributed by atoms with Crippen molar-refractivity contribution >= 4 is 29.1 Å². The highest BCUT2D eigenvalue weighted by Crippen LogP contribution is 2.21. The molecule has 0 aliphatic carbocycles. The highest BCUT2D eigenvalue weighted by atomic mass is 35.5. The lowest BCUT2D eigenvalue weighted by molar-refractivity contribution is -0.116. The van der Waals surface area contributed by atoms with Crippen LogP contribution in [-0.4, -0.2) is 25.4 Å². The van der Waals surface area contributed by atoms with Gasteiger partial charge in [0.15, 0.2) is 0 Å². The Kier molecular flexibility index (Phi) is 5.61. The molecule has 0 aliphatic rings. The number of hydrogen-bond acceptors (Lipinski definition) is 3. The van der Waals surface area contributed by atoms with Crippen LogP contribution in [0.3, 0.4) is 0 Å². The van der Waals surface area contributed by atoms with Crippen LogP contribution in [0.1, 0.15) is 23.2 Å². The molecule has 1 aromatic rings. The molecule has 0 unspecified atom stereocenters. The molecule has 2 amide bonds. The number of halogens is 1. The van der Waals surface area contributed by atoms with E-state index in [0.29, 0.717) is 35.7 Å². The lowest BCUT2D eigenvalue weighted by atomic mass is 10.2. The van der Waals surface area contributed by atoms with Gasteiger partial charge in [-0.05, 0) is 31.2 Å². The van der Waals surface area contributed by atoms with Crippen molar-refractivity contribution in [2.75, 3.05) is 18.9 Å². The van der Waals surface area contributed by atoms with Gasteiger partial charge in [-0.15, -0.1) is 0 Å². The molecule has 98 valence electrons. The number of amides is 2. The van der Waals surface area contributed by atoms with Crippen molar-refractivity contribution in [1.29, 1.82) is 0 Å². The molecule has 0 atom stereocenters. The molecule has 0 saturated carbocycles. The van der Waals surface area contributed by atoms with Crippen LogP contribution in [0, 0.1) is 0 Å². The Hall–Kier alpha value is -1.59. The fourth-order valence-electron chi connectivity index (χ4n) is 1.40. The molecule has 0 spiro atoms. The maximum absolute atomic E-state index is 11.5. The van der Waals surface area contributed by atoms with Gasteiger partial charge in [0.1, 0.15) is 0 Å². The molecule has 0 aromatic heterocycles. The Morgan fingerprint density at radius 3 is 2.67 bits per heavy atom. The van der Waals surface area contributed by atoms with E-state index in [2.05, 4.69) is 10.6 Å². The molecular weight excluding hydrogens is 254 g/mol. The van der Waals surface area contributed by atoms with Crippen LogP contribution in [0.5, 0.6) is 0 Å². The lowest BCUT2D eigenvalue weighted by Gasteiger charge is -2.07. The predicted molar refractivity (Wildman–Crippen MR) is 71.8 cm³/mol. The standard InChI is InChI=1S/C12H16ClN3O2/c1-15-12(18)9-5-4-8(7-10(9)13)16-11(17)3-2-6-14/h4-5,7H,2-3,6,14H2,1H3,(H,15,18)(H,16,17). The molecule has 1 rings (SSSR count). The first-order valence-corrected chi connectivity index (χ1v) is 5.98. The van der Waals surface area contributed by atoms with Crippen molar-refractivity contribution < 1.29 is 9.59 Å². The highest BCUT2D eigenvalue weighted by molar-refractivity contribution is 6.34. The first kappa shape index (κ1) is 14.5. The first-order chi connectivity index (χ1) is 8.58. The molecule has 0 fully saturated rings. The maximum atomic E-state index is 11.5. The van der Waals surface area contributed by atoms with E-state index in [1.54, 1.807) is 18.2 Å². The number of nitrogens with two attached hydrogens (primary N) is 1. The number of anilines is 1. The van der Waals surface area contributed by atoms with Gasteiger partial charge in [-0.1, -0.05) is 11.6 Å². The number of carbonyl (C=O) groups excluding carboxylic acids is 2. The lowest BCUT2D eigenvalue weighted by Crippen LogP contribution is -2.18. The number of nitrogens with one attached hydrogen (secondary N) is 2. The van der Waals surface area contributed by atoms with Gasteiger partial charge in [-0.25, -0.2) is 0 Å². The van der Waals surface area contributed by atoms with Crippen LogP contribution < -0.4 is 16.4 Å². The molecule has 5 nitrogen and oxygen atoms in total. The van der Waals surface area contributed by atoms with Crippen LogP contribution in [0.4, 0.5) is 5.69 Å². The smallest absolute Gasteiger partial charge is 0.252 e. The molecule has 0 aliphatic heterocycles. The van der Waals surface area contributed by atoms with Gasteiger partial charge < -0.3 is 16.4 Å². The third-order valence-electron chi connectivity index (χ3n) is 2.33. The van der Waals surface area contributed by atoms with Crippen molar-refractivity contribution in [3.63, 3.8) is 0 Å². The number of benzene rings is 1. The summed E-state index contributed by atoms with van der Waals surface area (Å²) in [5.41, 5.74) is 6.26. The Balaban J connectivity index is 2.72. The maximum Gasteiger partial charge on any atom is 0.252 e. The summed E-state index contributed by atoms with van der Waals surface area (Å²) >= 11 is 5.96. The number of rotatable bonds is 5. The zero-order chi connectivity index (χ0) is 13.5. The van der Waals surface area contributed by atoms with Crippen molar-refractivity contribution in [3.05, 3.63) is 28.8 Å². The Labute approximate surface area is 111 Å². The second-order valence-corrected chi connectivity index (χ2v) is 4.12. The van der Waals surface area contributed by atoms with E-state index in [9.17, 15) is 9.59 Å². The fraction of sp³-hybridized carbons (Fsp3) is 0.333. The fourth-order valence-corrected chi connectivity index (χ4v) is 1.66. The third kappa shape index (κ3) is 4.01. The topological polar surface area (TPSA) is 84.2 Å². The summed E-state index contributed by atoms with van der Waals surface area (Å²) in [7, 11) is 1.53. The minimum atomic E-state index is -0.263.